The molecule has 1 fully saturated rings. The van der Waals surface area contributed by atoms with Gasteiger partial charge in [-0.25, -0.2) is 0 Å². The summed E-state index contributed by atoms with van der Waals surface area (Å²) in [5, 5.41) is 9.29. The first-order valence-electron chi connectivity index (χ1n) is 6.04. The molecule has 1 atom stereocenters. The van der Waals surface area contributed by atoms with E-state index in [2.05, 4.69) is 0 Å². The Bertz CT molecular complexity index is 339. The lowest BCUT2D eigenvalue weighted by Crippen LogP contribution is -2.24. The Hall–Kier alpha value is -1.31. The molecule has 0 aromatic heterocycles. The number of aliphatic carboxylic acids is 1. The molecule has 0 aliphatic heterocycles. The van der Waals surface area contributed by atoms with Crippen molar-refractivity contribution in [2.75, 3.05) is 0 Å². The second-order valence-corrected chi connectivity index (χ2v) is 4.68. The van der Waals surface area contributed by atoms with Gasteiger partial charge in [-0.3, -0.25) is 4.79 Å². The Morgan fingerprint density at radius 3 is 2.44 bits per heavy atom. The fourth-order valence-corrected chi connectivity index (χ4v) is 2.68. The molecule has 2 heteroatoms. The molecule has 86 valence electrons. The van der Waals surface area contributed by atoms with E-state index in [-0.39, 0.29) is 5.92 Å². The van der Waals surface area contributed by atoms with Crippen LogP contribution in [0.1, 0.15) is 31.2 Å². The van der Waals surface area contributed by atoms with Gasteiger partial charge in [-0.1, -0.05) is 43.2 Å². The maximum atomic E-state index is 11.3. The van der Waals surface area contributed by atoms with Crippen molar-refractivity contribution in [3.63, 3.8) is 0 Å². The average Bonchev–Trinajstić information content (AvgIpc) is 2.80. The summed E-state index contributed by atoms with van der Waals surface area (Å²) in [7, 11) is 0. The third kappa shape index (κ3) is 2.63. The van der Waals surface area contributed by atoms with Crippen LogP contribution in [0.4, 0.5) is 0 Å². The fourth-order valence-electron chi connectivity index (χ4n) is 2.68. The van der Waals surface area contributed by atoms with Gasteiger partial charge in [0.2, 0.25) is 0 Å². The van der Waals surface area contributed by atoms with Gasteiger partial charge in [0, 0.05) is 0 Å². The highest BCUT2D eigenvalue weighted by Gasteiger charge is 2.30. The van der Waals surface area contributed by atoms with E-state index in [4.69, 9.17) is 0 Å². The maximum Gasteiger partial charge on any atom is 0.307 e. The van der Waals surface area contributed by atoms with Crippen LogP contribution in [-0.2, 0) is 11.2 Å². The Kier molecular flexibility index (Phi) is 3.60. The highest BCUT2D eigenvalue weighted by molar-refractivity contribution is 5.70. The van der Waals surface area contributed by atoms with Gasteiger partial charge >= 0.3 is 5.97 Å². The molecule has 1 aromatic carbocycles. The molecule has 1 aliphatic rings. The van der Waals surface area contributed by atoms with E-state index in [1.165, 1.54) is 12.8 Å². The van der Waals surface area contributed by atoms with Crippen LogP contribution in [0, 0.1) is 11.8 Å². The van der Waals surface area contributed by atoms with Gasteiger partial charge in [0.05, 0.1) is 5.92 Å². The normalized spacial score (nSPS) is 18.5. The summed E-state index contributed by atoms with van der Waals surface area (Å²) in [5.74, 6) is -0.432. The van der Waals surface area contributed by atoms with Crippen molar-refractivity contribution in [2.45, 2.75) is 32.1 Å². The van der Waals surface area contributed by atoms with Crippen LogP contribution in [0.5, 0.6) is 0 Å². The van der Waals surface area contributed by atoms with Crippen LogP contribution in [0.2, 0.25) is 0 Å². The first-order chi connectivity index (χ1) is 7.77. The molecule has 1 N–H and O–H groups in total. The number of carboxylic acids is 1. The van der Waals surface area contributed by atoms with E-state index in [0.717, 1.165) is 18.4 Å². The summed E-state index contributed by atoms with van der Waals surface area (Å²) in [6, 6.07) is 9.95. The smallest absolute Gasteiger partial charge is 0.307 e. The van der Waals surface area contributed by atoms with Crippen LogP contribution in [0.15, 0.2) is 30.3 Å². The van der Waals surface area contributed by atoms with Crippen LogP contribution in [0.3, 0.4) is 0 Å². The molecule has 1 saturated carbocycles. The topological polar surface area (TPSA) is 37.3 Å². The van der Waals surface area contributed by atoms with Gasteiger partial charge < -0.3 is 5.11 Å². The minimum absolute atomic E-state index is 0.190. The third-order valence-electron chi connectivity index (χ3n) is 3.58. The zero-order valence-electron chi connectivity index (χ0n) is 9.43. The standard InChI is InChI=1S/C14H18O2/c15-14(16)13(12-8-4-5-9-12)10-11-6-2-1-3-7-11/h1-3,6-7,12-13H,4-5,8-10H2,(H,15,16). The molecule has 0 saturated heterocycles. The van der Waals surface area contributed by atoms with Gasteiger partial charge in [-0.15, -0.1) is 0 Å². The summed E-state index contributed by atoms with van der Waals surface area (Å²) >= 11 is 0. The molecule has 0 heterocycles. The van der Waals surface area contributed by atoms with E-state index < -0.39 is 5.97 Å². The zero-order chi connectivity index (χ0) is 11.4. The number of carboxylic acid groups (broad SMARTS) is 1. The van der Waals surface area contributed by atoms with E-state index in [1.807, 2.05) is 30.3 Å². The van der Waals surface area contributed by atoms with E-state index in [9.17, 15) is 9.90 Å². The minimum atomic E-state index is -0.629. The first-order valence-corrected chi connectivity index (χ1v) is 6.04. The van der Waals surface area contributed by atoms with Crippen molar-refractivity contribution in [3.05, 3.63) is 35.9 Å². The minimum Gasteiger partial charge on any atom is -0.481 e. The summed E-state index contributed by atoms with van der Waals surface area (Å²) < 4.78 is 0. The predicted octanol–water partition coefficient (Wildman–Crippen LogP) is 3.12. The van der Waals surface area contributed by atoms with Gasteiger partial charge in [0.1, 0.15) is 0 Å². The summed E-state index contributed by atoms with van der Waals surface area (Å²) in [6.45, 7) is 0. The third-order valence-corrected chi connectivity index (χ3v) is 3.58. The van der Waals surface area contributed by atoms with Crippen LogP contribution >= 0.6 is 0 Å². The fraction of sp³-hybridized carbons (Fsp3) is 0.500. The highest BCUT2D eigenvalue weighted by Crippen LogP contribution is 2.33. The zero-order valence-corrected chi connectivity index (χ0v) is 9.43. The molecule has 2 nitrogen and oxygen atoms in total. The molecule has 2 rings (SSSR count). The van der Waals surface area contributed by atoms with Crippen molar-refractivity contribution < 1.29 is 9.90 Å². The molecule has 16 heavy (non-hydrogen) atoms. The molecule has 0 amide bonds. The molecular formula is C14H18O2. The molecule has 0 radical (unpaired) electrons. The molecular weight excluding hydrogens is 200 g/mol. The van der Waals surface area contributed by atoms with Crippen LogP contribution in [-0.4, -0.2) is 11.1 Å². The van der Waals surface area contributed by atoms with Crippen molar-refractivity contribution in [1.29, 1.82) is 0 Å². The number of carbonyl (C=O) groups is 1. The lowest BCUT2D eigenvalue weighted by Gasteiger charge is -2.19. The molecule has 1 aromatic rings. The number of hydrogen-bond donors (Lipinski definition) is 1. The molecule has 1 aliphatic carbocycles. The van der Waals surface area contributed by atoms with Gasteiger partial charge in [-0.2, -0.15) is 0 Å². The van der Waals surface area contributed by atoms with Gasteiger partial charge in [0.25, 0.3) is 0 Å². The van der Waals surface area contributed by atoms with Crippen molar-refractivity contribution in [3.8, 4) is 0 Å². The van der Waals surface area contributed by atoms with Crippen LogP contribution < -0.4 is 0 Å². The highest BCUT2D eigenvalue weighted by atomic mass is 16.4. The molecule has 0 bridgehead atoms. The lowest BCUT2D eigenvalue weighted by molar-refractivity contribution is -0.143. The Balaban J connectivity index is 2.05. The van der Waals surface area contributed by atoms with E-state index in [0.29, 0.717) is 12.3 Å². The predicted molar refractivity (Wildman–Crippen MR) is 63.2 cm³/mol. The Morgan fingerprint density at radius 2 is 1.88 bits per heavy atom. The quantitative estimate of drug-likeness (QED) is 0.843. The second-order valence-electron chi connectivity index (χ2n) is 4.68. The largest absolute Gasteiger partial charge is 0.481 e. The monoisotopic (exact) mass is 218 g/mol. The van der Waals surface area contributed by atoms with Crippen molar-refractivity contribution in [2.24, 2.45) is 11.8 Å². The maximum absolute atomic E-state index is 11.3. The van der Waals surface area contributed by atoms with Crippen molar-refractivity contribution >= 4 is 5.97 Å². The summed E-state index contributed by atoms with van der Waals surface area (Å²) in [6.07, 6.45) is 5.25. The Labute approximate surface area is 96.3 Å². The number of hydrogen-bond acceptors (Lipinski definition) is 1. The van der Waals surface area contributed by atoms with Crippen LogP contribution in [0.25, 0.3) is 0 Å². The first kappa shape index (κ1) is 11.2. The lowest BCUT2D eigenvalue weighted by atomic mass is 9.86. The molecule has 0 spiro atoms. The van der Waals surface area contributed by atoms with Gasteiger partial charge in [-0.05, 0) is 30.7 Å². The van der Waals surface area contributed by atoms with Crippen molar-refractivity contribution in [1.82, 2.24) is 0 Å². The Morgan fingerprint density at radius 1 is 1.25 bits per heavy atom. The summed E-state index contributed by atoms with van der Waals surface area (Å²) in [4.78, 5) is 11.3. The molecule has 1 unspecified atom stereocenters. The number of benzene rings is 1. The van der Waals surface area contributed by atoms with E-state index >= 15 is 0 Å². The summed E-state index contributed by atoms with van der Waals surface area (Å²) in [5.41, 5.74) is 1.14. The van der Waals surface area contributed by atoms with E-state index in [1.54, 1.807) is 0 Å². The van der Waals surface area contributed by atoms with Gasteiger partial charge in [0.15, 0.2) is 0 Å². The second kappa shape index (κ2) is 5.15. The SMILES string of the molecule is O=C(O)C(Cc1ccccc1)C1CCCC1. The number of rotatable bonds is 4. The average molecular weight is 218 g/mol.